The summed E-state index contributed by atoms with van der Waals surface area (Å²) in [5, 5.41) is 3.47. The zero-order chi connectivity index (χ0) is 11.8. The first-order valence-corrected chi connectivity index (χ1v) is 6.96. The Morgan fingerprint density at radius 1 is 1.29 bits per heavy atom. The van der Waals surface area contributed by atoms with E-state index < -0.39 is 0 Å². The molecule has 2 aromatic rings. The summed E-state index contributed by atoms with van der Waals surface area (Å²) < 4.78 is 0. The first-order chi connectivity index (χ1) is 8.24. The Morgan fingerprint density at radius 3 is 2.94 bits per heavy atom. The summed E-state index contributed by atoms with van der Waals surface area (Å²) in [6.07, 6.45) is 0. The highest BCUT2D eigenvalue weighted by atomic mass is 32.1. The lowest BCUT2D eigenvalue weighted by atomic mass is 10.0. The Balaban J connectivity index is 2.05. The van der Waals surface area contributed by atoms with Crippen molar-refractivity contribution in [1.29, 1.82) is 0 Å². The van der Waals surface area contributed by atoms with E-state index in [4.69, 9.17) is 0 Å². The van der Waals surface area contributed by atoms with Gasteiger partial charge >= 0.3 is 0 Å². The van der Waals surface area contributed by atoms with E-state index in [1.54, 1.807) is 4.88 Å². The number of thiophene rings is 1. The van der Waals surface area contributed by atoms with Gasteiger partial charge in [0.25, 0.3) is 0 Å². The summed E-state index contributed by atoms with van der Waals surface area (Å²) in [6.45, 7) is 6.60. The molecule has 0 aliphatic carbocycles. The van der Waals surface area contributed by atoms with Gasteiger partial charge in [0.15, 0.2) is 0 Å². The molecule has 0 radical (unpaired) electrons. The SMILES string of the molecule is Cc1cccc(-c2cc3c(s2)C(C)CNC3)c1. The van der Waals surface area contributed by atoms with Gasteiger partial charge in [-0.1, -0.05) is 36.8 Å². The molecule has 1 aromatic carbocycles. The first-order valence-electron chi connectivity index (χ1n) is 6.14. The van der Waals surface area contributed by atoms with Crippen LogP contribution in [-0.4, -0.2) is 6.54 Å². The Morgan fingerprint density at radius 2 is 2.18 bits per heavy atom. The number of nitrogens with one attached hydrogen (secondary N) is 1. The van der Waals surface area contributed by atoms with Crippen LogP contribution in [0.4, 0.5) is 0 Å². The number of rotatable bonds is 1. The maximum absolute atomic E-state index is 3.47. The van der Waals surface area contributed by atoms with Crippen molar-refractivity contribution in [3.05, 3.63) is 46.3 Å². The fraction of sp³-hybridized carbons (Fsp3) is 0.333. The lowest BCUT2D eigenvalue weighted by Gasteiger charge is -2.18. The van der Waals surface area contributed by atoms with Gasteiger partial charge in [-0.25, -0.2) is 0 Å². The zero-order valence-electron chi connectivity index (χ0n) is 10.3. The predicted molar refractivity (Wildman–Crippen MR) is 74.6 cm³/mol. The molecule has 88 valence electrons. The second-order valence-electron chi connectivity index (χ2n) is 4.90. The van der Waals surface area contributed by atoms with E-state index in [0.29, 0.717) is 5.92 Å². The maximum atomic E-state index is 3.47. The van der Waals surface area contributed by atoms with Crippen molar-refractivity contribution in [1.82, 2.24) is 5.32 Å². The molecule has 3 rings (SSSR count). The van der Waals surface area contributed by atoms with Crippen LogP contribution in [0.2, 0.25) is 0 Å². The molecule has 0 saturated carbocycles. The first kappa shape index (κ1) is 11.0. The number of hydrogen-bond acceptors (Lipinski definition) is 2. The van der Waals surface area contributed by atoms with E-state index in [-0.39, 0.29) is 0 Å². The van der Waals surface area contributed by atoms with Crippen molar-refractivity contribution in [3.63, 3.8) is 0 Å². The molecule has 2 heterocycles. The predicted octanol–water partition coefficient (Wildman–Crippen LogP) is 3.93. The minimum atomic E-state index is 0.655. The maximum Gasteiger partial charge on any atom is 0.0349 e. The molecule has 0 amide bonds. The lowest BCUT2D eigenvalue weighted by Crippen LogP contribution is -2.24. The normalized spacial score (nSPS) is 19.1. The molecule has 0 spiro atoms. The molecular weight excluding hydrogens is 226 g/mol. The summed E-state index contributed by atoms with van der Waals surface area (Å²) in [7, 11) is 0. The van der Waals surface area contributed by atoms with Gasteiger partial charge < -0.3 is 5.32 Å². The number of benzene rings is 1. The summed E-state index contributed by atoms with van der Waals surface area (Å²) in [5.41, 5.74) is 4.18. The van der Waals surface area contributed by atoms with Gasteiger partial charge in [0, 0.05) is 28.8 Å². The van der Waals surface area contributed by atoms with E-state index in [9.17, 15) is 0 Å². The second kappa shape index (κ2) is 4.28. The van der Waals surface area contributed by atoms with Crippen LogP contribution < -0.4 is 5.32 Å². The lowest BCUT2D eigenvalue weighted by molar-refractivity contribution is 0.581. The fourth-order valence-electron chi connectivity index (χ4n) is 2.45. The van der Waals surface area contributed by atoms with Crippen LogP contribution in [0.3, 0.4) is 0 Å². The van der Waals surface area contributed by atoms with Crippen molar-refractivity contribution in [3.8, 4) is 10.4 Å². The minimum Gasteiger partial charge on any atom is -0.312 e. The van der Waals surface area contributed by atoms with Gasteiger partial charge in [0.2, 0.25) is 0 Å². The molecule has 2 heteroatoms. The summed E-state index contributed by atoms with van der Waals surface area (Å²) in [5.74, 6) is 0.655. The molecule has 1 nitrogen and oxygen atoms in total. The topological polar surface area (TPSA) is 12.0 Å². The van der Waals surface area contributed by atoms with Gasteiger partial charge in [-0.3, -0.25) is 0 Å². The third kappa shape index (κ3) is 2.03. The second-order valence-corrected chi connectivity index (χ2v) is 5.99. The van der Waals surface area contributed by atoms with E-state index in [2.05, 4.69) is 49.5 Å². The smallest absolute Gasteiger partial charge is 0.0349 e. The Kier molecular flexibility index (Phi) is 2.77. The largest absolute Gasteiger partial charge is 0.312 e. The molecular formula is C15H17NS. The third-order valence-electron chi connectivity index (χ3n) is 3.36. The minimum absolute atomic E-state index is 0.655. The van der Waals surface area contributed by atoms with E-state index in [0.717, 1.165) is 13.1 Å². The van der Waals surface area contributed by atoms with E-state index >= 15 is 0 Å². The van der Waals surface area contributed by atoms with Gasteiger partial charge in [-0.2, -0.15) is 0 Å². The Hall–Kier alpha value is -1.12. The fourth-order valence-corrected chi connectivity index (χ4v) is 3.68. The Labute approximate surface area is 106 Å². The van der Waals surface area contributed by atoms with Crippen molar-refractivity contribution in [2.75, 3.05) is 6.54 Å². The number of fused-ring (bicyclic) bond motifs is 1. The molecule has 0 fully saturated rings. The van der Waals surface area contributed by atoms with E-state index in [1.165, 1.54) is 21.6 Å². The summed E-state index contributed by atoms with van der Waals surface area (Å²) in [6, 6.07) is 11.1. The van der Waals surface area contributed by atoms with Crippen molar-refractivity contribution >= 4 is 11.3 Å². The Bertz CT molecular complexity index is 542. The van der Waals surface area contributed by atoms with Gasteiger partial charge in [0.05, 0.1) is 0 Å². The highest BCUT2D eigenvalue weighted by Crippen LogP contribution is 2.37. The van der Waals surface area contributed by atoms with Gasteiger partial charge in [-0.15, -0.1) is 11.3 Å². The van der Waals surface area contributed by atoms with Crippen LogP contribution in [-0.2, 0) is 6.54 Å². The molecule has 0 saturated heterocycles. The highest BCUT2D eigenvalue weighted by molar-refractivity contribution is 7.15. The third-order valence-corrected chi connectivity index (χ3v) is 4.82. The number of aryl methyl sites for hydroxylation is 1. The van der Waals surface area contributed by atoms with Crippen LogP contribution in [0.5, 0.6) is 0 Å². The summed E-state index contributed by atoms with van der Waals surface area (Å²) >= 11 is 1.97. The molecule has 0 bridgehead atoms. The molecule has 1 aliphatic heterocycles. The highest BCUT2D eigenvalue weighted by Gasteiger charge is 2.19. The van der Waals surface area contributed by atoms with Crippen LogP contribution in [0, 0.1) is 6.92 Å². The van der Waals surface area contributed by atoms with Crippen LogP contribution in [0.1, 0.15) is 28.8 Å². The van der Waals surface area contributed by atoms with E-state index in [1.807, 2.05) is 11.3 Å². The van der Waals surface area contributed by atoms with Crippen molar-refractivity contribution in [2.24, 2.45) is 0 Å². The van der Waals surface area contributed by atoms with Crippen LogP contribution in [0.15, 0.2) is 30.3 Å². The van der Waals surface area contributed by atoms with Crippen LogP contribution in [0.25, 0.3) is 10.4 Å². The summed E-state index contributed by atoms with van der Waals surface area (Å²) in [4.78, 5) is 2.98. The molecule has 17 heavy (non-hydrogen) atoms. The molecule has 1 atom stereocenters. The zero-order valence-corrected chi connectivity index (χ0v) is 11.1. The quantitative estimate of drug-likeness (QED) is 0.800. The van der Waals surface area contributed by atoms with Gasteiger partial charge in [0.1, 0.15) is 0 Å². The molecule has 1 aliphatic rings. The average molecular weight is 243 g/mol. The standard InChI is InChI=1S/C15H17NS/c1-10-4-3-5-12(6-10)14-7-13-9-16-8-11(2)15(13)17-14/h3-7,11,16H,8-9H2,1-2H3. The molecule has 1 N–H and O–H groups in total. The van der Waals surface area contributed by atoms with Crippen molar-refractivity contribution in [2.45, 2.75) is 26.3 Å². The molecule has 1 unspecified atom stereocenters. The van der Waals surface area contributed by atoms with Gasteiger partial charge in [-0.05, 0) is 24.1 Å². The monoisotopic (exact) mass is 243 g/mol. The van der Waals surface area contributed by atoms with Crippen molar-refractivity contribution < 1.29 is 0 Å². The average Bonchev–Trinajstić information content (AvgIpc) is 2.74. The van der Waals surface area contributed by atoms with Crippen LogP contribution >= 0.6 is 11.3 Å². The number of hydrogen-bond donors (Lipinski definition) is 1. The molecule has 1 aromatic heterocycles.